The van der Waals surface area contributed by atoms with Crippen LogP contribution in [0.2, 0.25) is 0 Å². The number of para-hydroxylation sites is 1. The Bertz CT molecular complexity index is 1170. The van der Waals surface area contributed by atoms with Crippen LogP contribution < -0.4 is 5.32 Å². The van der Waals surface area contributed by atoms with E-state index in [-0.39, 0.29) is 0 Å². The average molecular weight is 483 g/mol. The predicted molar refractivity (Wildman–Crippen MR) is 133 cm³/mol. The number of rotatable bonds is 11. The quantitative estimate of drug-likeness (QED) is 0.281. The van der Waals surface area contributed by atoms with E-state index in [2.05, 4.69) is 12.1 Å². The van der Waals surface area contributed by atoms with E-state index in [9.17, 15) is 4.57 Å². The van der Waals surface area contributed by atoms with E-state index in [1.807, 2.05) is 96.1 Å². The van der Waals surface area contributed by atoms with E-state index in [1.54, 1.807) is 11.3 Å². The summed E-state index contributed by atoms with van der Waals surface area (Å²) in [4.78, 5) is 1.01. The molecule has 33 heavy (non-hydrogen) atoms. The highest BCUT2D eigenvalue weighted by Crippen LogP contribution is 2.59. The molecular weight excluding hydrogens is 453 g/mol. The second-order valence-corrected chi connectivity index (χ2v) is 10.5. The van der Waals surface area contributed by atoms with Crippen molar-refractivity contribution in [3.8, 4) is 16.3 Å². The van der Waals surface area contributed by atoms with Crippen molar-refractivity contribution in [3.63, 3.8) is 0 Å². The molecule has 0 spiro atoms. The summed E-state index contributed by atoms with van der Waals surface area (Å²) in [5.74, 6) is -0.563. The van der Waals surface area contributed by atoms with Gasteiger partial charge in [-0.2, -0.15) is 5.10 Å². The van der Waals surface area contributed by atoms with Crippen LogP contribution in [-0.2, 0) is 20.2 Å². The lowest BCUT2D eigenvalue weighted by Gasteiger charge is -2.24. The van der Waals surface area contributed by atoms with Crippen molar-refractivity contribution in [2.24, 2.45) is 0 Å². The van der Waals surface area contributed by atoms with Crippen molar-refractivity contribution in [2.75, 3.05) is 13.2 Å². The summed E-state index contributed by atoms with van der Waals surface area (Å²) in [6, 6.07) is 24.1. The molecule has 0 saturated heterocycles. The molecule has 0 aliphatic carbocycles. The molecule has 0 aliphatic rings. The molecule has 4 aromatic rings. The zero-order valence-corrected chi connectivity index (χ0v) is 20.5. The highest BCUT2D eigenvalue weighted by Gasteiger charge is 2.43. The zero-order chi connectivity index (χ0) is 23.1. The molecule has 0 saturated carbocycles. The highest BCUT2D eigenvalue weighted by atomic mass is 32.1. The summed E-state index contributed by atoms with van der Waals surface area (Å²) in [5, 5.41) is 8.98. The topological polar surface area (TPSA) is 70.0 Å². The van der Waals surface area contributed by atoms with Gasteiger partial charge in [0.2, 0.25) is 5.78 Å². The van der Waals surface area contributed by atoms with E-state index < -0.39 is 13.4 Å². The summed E-state index contributed by atoms with van der Waals surface area (Å²) in [5.41, 5.74) is 3.70. The number of nitrogens with zero attached hydrogens (tertiary/aromatic N) is 2. The molecule has 0 bridgehead atoms. The van der Waals surface area contributed by atoms with Crippen LogP contribution in [0.1, 0.15) is 30.8 Å². The molecule has 172 valence electrons. The lowest BCUT2D eigenvalue weighted by molar-refractivity contribution is -0.693. The van der Waals surface area contributed by atoms with Gasteiger partial charge in [0.15, 0.2) is 0 Å². The molecule has 0 amide bonds. The summed E-state index contributed by atoms with van der Waals surface area (Å²) in [6.45, 7) is 4.92. The van der Waals surface area contributed by atoms with Crippen molar-refractivity contribution in [1.29, 1.82) is 0 Å². The first kappa shape index (κ1) is 23.6. The van der Waals surface area contributed by atoms with Gasteiger partial charge in [0.25, 0.3) is 0 Å². The fraction of sp³-hybridized carbons (Fsp3) is 0.240. The SMILES string of the molecule is CCOP(=O)(OCC)[C@H]([NH2+]Cc1ccccc1)c1cn(-c2ccccc2)nc1-c1cccs1. The number of hydrogen-bond donors (Lipinski definition) is 1. The minimum absolute atomic E-state index is 0.300. The summed E-state index contributed by atoms with van der Waals surface area (Å²) in [6.07, 6.45) is 1.96. The Labute approximate surface area is 198 Å². The second-order valence-electron chi connectivity index (χ2n) is 7.44. The first-order chi connectivity index (χ1) is 16.1. The minimum atomic E-state index is -3.50. The van der Waals surface area contributed by atoms with Gasteiger partial charge in [-0.15, -0.1) is 11.3 Å². The fourth-order valence-electron chi connectivity index (χ4n) is 3.77. The molecule has 8 heteroatoms. The Hall–Kier alpha value is -2.54. The molecule has 0 radical (unpaired) electrons. The van der Waals surface area contributed by atoms with Crippen LogP contribution in [0.5, 0.6) is 0 Å². The summed E-state index contributed by atoms with van der Waals surface area (Å²) < 4.78 is 27.6. The molecule has 2 aromatic heterocycles. The third kappa shape index (κ3) is 5.52. The van der Waals surface area contributed by atoms with E-state index in [0.717, 1.165) is 27.4 Å². The van der Waals surface area contributed by atoms with Crippen molar-refractivity contribution in [3.05, 3.63) is 95.5 Å². The van der Waals surface area contributed by atoms with Gasteiger partial charge < -0.3 is 14.4 Å². The van der Waals surface area contributed by atoms with Crippen molar-refractivity contribution in [2.45, 2.75) is 26.2 Å². The predicted octanol–water partition coefficient (Wildman–Crippen LogP) is 5.63. The highest BCUT2D eigenvalue weighted by molar-refractivity contribution is 7.54. The largest absolute Gasteiger partial charge is 0.392 e. The van der Waals surface area contributed by atoms with E-state index in [4.69, 9.17) is 14.1 Å². The van der Waals surface area contributed by atoms with Gasteiger partial charge in [0, 0.05) is 11.8 Å². The molecule has 0 fully saturated rings. The maximum atomic E-state index is 14.1. The third-order valence-corrected chi connectivity index (χ3v) is 8.50. The first-order valence-corrected chi connectivity index (χ1v) is 13.6. The van der Waals surface area contributed by atoms with E-state index >= 15 is 0 Å². The smallest absolute Gasteiger partial charge is 0.326 e. The molecule has 6 nitrogen and oxygen atoms in total. The maximum Gasteiger partial charge on any atom is 0.392 e. The number of nitrogens with two attached hydrogens (primary N) is 1. The van der Waals surface area contributed by atoms with Crippen LogP contribution in [0.3, 0.4) is 0 Å². The van der Waals surface area contributed by atoms with Gasteiger partial charge in [-0.25, -0.2) is 4.68 Å². The van der Waals surface area contributed by atoms with Crippen LogP contribution in [0.25, 0.3) is 16.3 Å². The Balaban J connectivity index is 1.82. The normalized spacial score (nSPS) is 12.7. The molecule has 2 N–H and O–H groups in total. The zero-order valence-electron chi connectivity index (χ0n) is 18.8. The number of thiophene rings is 1. The van der Waals surface area contributed by atoms with Gasteiger partial charge in [-0.1, -0.05) is 54.6 Å². The number of benzene rings is 2. The van der Waals surface area contributed by atoms with Crippen molar-refractivity contribution >= 4 is 18.9 Å². The molecule has 2 heterocycles. The van der Waals surface area contributed by atoms with Crippen LogP contribution in [0, 0.1) is 0 Å². The van der Waals surface area contributed by atoms with Gasteiger partial charge in [-0.05, 0) is 37.4 Å². The van der Waals surface area contributed by atoms with Crippen molar-refractivity contribution < 1.29 is 18.9 Å². The Morgan fingerprint density at radius 3 is 2.24 bits per heavy atom. The second kappa shape index (κ2) is 11.1. The minimum Gasteiger partial charge on any atom is -0.326 e. The Morgan fingerprint density at radius 1 is 0.970 bits per heavy atom. The van der Waals surface area contributed by atoms with Gasteiger partial charge >= 0.3 is 7.60 Å². The van der Waals surface area contributed by atoms with Crippen LogP contribution in [0.15, 0.2) is 84.4 Å². The fourth-order valence-corrected chi connectivity index (χ4v) is 6.51. The van der Waals surface area contributed by atoms with Crippen molar-refractivity contribution in [1.82, 2.24) is 9.78 Å². The standard InChI is InChI=1S/C25H28N3O3PS/c1-3-30-32(29,31-4-2)25(26-18-20-12-7-5-8-13-20)22-19-28(21-14-9-6-10-15-21)27-24(22)23-16-11-17-33-23/h5-17,19,25-26H,3-4,18H2,1-2H3/p+1/t25-/m0/s1. The number of aromatic nitrogens is 2. The maximum absolute atomic E-state index is 14.1. The lowest BCUT2D eigenvalue weighted by Crippen LogP contribution is -2.83. The molecule has 0 unspecified atom stereocenters. The lowest BCUT2D eigenvalue weighted by atomic mass is 10.2. The van der Waals surface area contributed by atoms with Crippen LogP contribution in [-0.4, -0.2) is 23.0 Å². The third-order valence-electron chi connectivity index (χ3n) is 5.21. The average Bonchev–Trinajstić information content (AvgIpc) is 3.51. The Kier molecular flexibility index (Phi) is 7.91. The van der Waals surface area contributed by atoms with Crippen LogP contribution in [0.4, 0.5) is 0 Å². The van der Waals surface area contributed by atoms with Gasteiger partial charge in [0.1, 0.15) is 12.2 Å². The molecular formula is C25H29N3O3PS+. The molecule has 2 aromatic carbocycles. The monoisotopic (exact) mass is 482 g/mol. The molecule has 1 atom stereocenters. The summed E-state index contributed by atoms with van der Waals surface area (Å²) in [7, 11) is -3.50. The van der Waals surface area contributed by atoms with E-state index in [1.165, 1.54) is 0 Å². The Morgan fingerprint density at radius 2 is 1.64 bits per heavy atom. The van der Waals surface area contributed by atoms with Gasteiger partial charge in [0.05, 0.1) is 29.3 Å². The summed E-state index contributed by atoms with van der Waals surface area (Å²) >= 11 is 1.61. The first-order valence-electron chi connectivity index (χ1n) is 11.1. The van der Waals surface area contributed by atoms with Crippen LogP contribution >= 0.6 is 18.9 Å². The van der Waals surface area contributed by atoms with Gasteiger partial charge in [-0.3, -0.25) is 4.57 Å². The number of quaternary nitrogens is 1. The van der Waals surface area contributed by atoms with E-state index in [0.29, 0.717) is 19.8 Å². The molecule has 0 aliphatic heterocycles. The molecule has 4 rings (SSSR count). The number of hydrogen-bond acceptors (Lipinski definition) is 5.